The molecule has 1 unspecified atom stereocenters. The van der Waals surface area contributed by atoms with Crippen LogP contribution in [-0.4, -0.2) is 34.2 Å². The summed E-state index contributed by atoms with van der Waals surface area (Å²) >= 11 is 0. The molecular weight excluding hydrogens is 272 g/mol. The minimum absolute atomic E-state index is 0.0395. The van der Waals surface area contributed by atoms with Gasteiger partial charge in [-0.15, -0.1) is 0 Å². The molecule has 1 aromatic carbocycles. The Balaban J connectivity index is 1.51. The number of para-hydroxylation sites is 1. The first kappa shape index (κ1) is 13.4. The highest BCUT2D eigenvalue weighted by Gasteiger charge is 2.25. The maximum atomic E-state index is 12.1. The number of nitrogens with one attached hydrogen (secondary N) is 3. The van der Waals surface area contributed by atoms with Crippen molar-refractivity contribution in [3.8, 4) is 5.75 Å². The summed E-state index contributed by atoms with van der Waals surface area (Å²) in [6, 6.07) is 7.75. The first-order valence-electron chi connectivity index (χ1n) is 6.84. The maximum absolute atomic E-state index is 12.1. The number of fused-ring (bicyclic) bond motifs is 1. The van der Waals surface area contributed by atoms with Crippen LogP contribution in [0.5, 0.6) is 5.75 Å². The van der Waals surface area contributed by atoms with Crippen LogP contribution in [0.3, 0.4) is 0 Å². The fourth-order valence-corrected chi connectivity index (χ4v) is 2.37. The molecule has 1 aromatic heterocycles. The highest BCUT2D eigenvalue weighted by atomic mass is 16.5. The van der Waals surface area contributed by atoms with Crippen molar-refractivity contribution < 1.29 is 9.53 Å². The topological polar surface area (TPSA) is 99.9 Å². The summed E-state index contributed by atoms with van der Waals surface area (Å²) in [5, 5.41) is 8.92. The van der Waals surface area contributed by atoms with Crippen LogP contribution in [0, 0.1) is 5.92 Å². The largest absolute Gasteiger partial charge is 0.492 e. The Morgan fingerprint density at radius 2 is 2.29 bits per heavy atom. The molecule has 2 aromatic rings. The Morgan fingerprint density at radius 3 is 3.10 bits per heavy atom. The molecule has 0 spiro atoms. The van der Waals surface area contributed by atoms with Crippen molar-refractivity contribution in [1.82, 2.24) is 20.5 Å². The summed E-state index contributed by atoms with van der Waals surface area (Å²) in [6.07, 6.45) is 1.16. The zero-order valence-corrected chi connectivity index (χ0v) is 11.4. The van der Waals surface area contributed by atoms with Gasteiger partial charge in [0, 0.05) is 13.0 Å². The predicted octanol–water partition coefficient (Wildman–Crippen LogP) is 0.00800. The van der Waals surface area contributed by atoms with Gasteiger partial charge in [0.25, 0.3) is 0 Å². The van der Waals surface area contributed by atoms with Crippen molar-refractivity contribution >= 4 is 5.91 Å². The van der Waals surface area contributed by atoms with E-state index >= 15 is 0 Å². The van der Waals surface area contributed by atoms with Crippen LogP contribution in [0.15, 0.2) is 29.1 Å². The zero-order valence-electron chi connectivity index (χ0n) is 11.4. The van der Waals surface area contributed by atoms with Crippen LogP contribution in [0.1, 0.15) is 11.4 Å². The molecule has 3 N–H and O–H groups in total. The van der Waals surface area contributed by atoms with Crippen LogP contribution < -0.4 is 15.7 Å². The molecule has 0 radical (unpaired) electrons. The van der Waals surface area contributed by atoms with Gasteiger partial charge in [-0.3, -0.25) is 9.78 Å². The second kappa shape index (κ2) is 5.82. The summed E-state index contributed by atoms with van der Waals surface area (Å²) in [5.41, 5.74) is 0.717. The maximum Gasteiger partial charge on any atom is 0.340 e. The van der Waals surface area contributed by atoms with Gasteiger partial charge < -0.3 is 10.1 Å². The van der Waals surface area contributed by atoms with Crippen molar-refractivity contribution in [2.24, 2.45) is 5.92 Å². The van der Waals surface area contributed by atoms with Gasteiger partial charge >= 0.3 is 5.69 Å². The first-order chi connectivity index (χ1) is 10.2. The lowest BCUT2D eigenvalue weighted by Crippen LogP contribution is -2.38. The van der Waals surface area contributed by atoms with E-state index in [9.17, 15) is 9.59 Å². The fourth-order valence-electron chi connectivity index (χ4n) is 2.37. The second-order valence-electron chi connectivity index (χ2n) is 4.99. The third kappa shape index (κ3) is 3.13. The normalized spacial score (nSPS) is 16.9. The van der Waals surface area contributed by atoms with E-state index in [4.69, 9.17) is 4.74 Å². The second-order valence-corrected chi connectivity index (χ2v) is 4.99. The molecule has 1 amide bonds. The molecule has 1 aliphatic rings. The summed E-state index contributed by atoms with van der Waals surface area (Å²) in [4.78, 5) is 25.5. The number of aromatic amines is 2. The van der Waals surface area contributed by atoms with Crippen LogP contribution in [0.4, 0.5) is 0 Å². The molecule has 0 bridgehead atoms. The van der Waals surface area contributed by atoms with Gasteiger partial charge in [0.1, 0.15) is 18.2 Å². The van der Waals surface area contributed by atoms with E-state index < -0.39 is 0 Å². The van der Waals surface area contributed by atoms with Gasteiger partial charge in [-0.1, -0.05) is 18.2 Å². The Labute approximate surface area is 120 Å². The molecule has 7 nitrogen and oxygen atoms in total. The van der Waals surface area contributed by atoms with Gasteiger partial charge in [-0.25, -0.2) is 9.89 Å². The number of carbonyl (C=O) groups excluding carboxylic acids is 1. The molecule has 2 heterocycles. The number of aromatic nitrogens is 3. The summed E-state index contributed by atoms with van der Waals surface area (Å²) in [7, 11) is 0. The van der Waals surface area contributed by atoms with Crippen LogP contribution in [0.2, 0.25) is 0 Å². The fraction of sp³-hybridized carbons (Fsp3) is 0.357. The van der Waals surface area contributed by atoms with Crippen molar-refractivity contribution in [3.05, 3.63) is 46.1 Å². The quantitative estimate of drug-likeness (QED) is 0.737. The van der Waals surface area contributed by atoms with E-state index in [2.05, 4.69) is 20.5 Å². The average molecular weight is 288 g/mol. The Morgan fingerprint density at radius 1 is 1.43 bits per heavy atom. The minimum Gasteiger partial charge on any atom is -0.492 e. The molecule has 21 heavy (non-hydrogen) atoms. The molecule has 0 aliphatic carbocycles. The molecule has 0 saturated heterocycles. The molecule has 0 saturated carbocycles. The molecule has 1 atom stereocenters. The van der Waals surface area contributed by atoms with Crippen LogP contribution >= 0.6 is 0 Å². The Kier molecular flexibility index (Phi) is 3.72. The lowest BCUT2D eigenvalue weighted by Gasteiger charge is -2.24. The lowest BCUT2D eigenvalue weighted by atomic mass is 9.96. The average Bonchev–Trinajstić information content (AvgIpc) is 2.92. The van der Waals surface area contributed by atoms with Crippen molar-refractivity contribution in [1.29, 1.82) is 0 Å². The van der Waals surface area contributed by atoms with Crippen molar-refractivity contribution in [2.45, 2.75) is 12.8 Å². The number of carbonyl (C=O) groups is 1. The Bertz CT molecular complexity index is 691. The number of hydrogen-bond acceptors (Lipinski definition) is 4. The number of hydrogen-bond donors (Lipinski definition) is 3. The summed E-state index contributed by atoms with van der Waals surface area (Å²) in [6.45, 7) is 0.819. The first-order valence-corrected chi connectivity index (χ1v) is 6.84. The molecule has 3 rings (SSSR count). The van der Waals surface area contributed by atoms with Crippen LogP contribution in [0.25, 0.3) is 0 Å². The summed E-state index contributed by atoms with van der Waals surface area (Å²) in [5.74, 6) is 1.17. The SMILES string of the molecule is O=C(NCCc1n[nH]c(=O)[nH]1)C1COc2ccccc2C1. The molecular formula is C14H16N4O3. The predicted molar refractivity (Wildman–Crippen MR) is 75.1 cm³/mol. The third-order valence-electron chi connectivity index (χ3n) is 3.46. The minimum atomic E-state index is -0.339. The van der Waals surface area contributed by atoms with Gasteiger partial charge in [0.2, 0.25) is 5.91 Å². The van der Waals surface area contributed by atoms with Crippen molar-refractivity contribution in [3.63, 3.8) is 0 Å². The standard InChI is InChI=1S/C14H16N4O3/c19-13(15-6-5-12-16-14(20)18-17-12)10-7-9-3-1-2-4-11(9)21-8-10/h1-4,10H,5-8H2,(H,15,19)(H2,16,17,18,20). The van der Waals surface area contributed by atoms with E-state index in [1.807, 2.05) is 24.3 Å². The lowest BCUT2D eigenvalue weighted by molar-refractivity contribution is -0.126. The number of amides is 1. The van der Waals surface area contributed by atoms with Gasteiger partial charge in [0.05, 0.1) is 5.92 Å². The highest BCUT2D eigenvalue weighted by molar-refractivity contribution is 5.79. The number of H-pyrrole nitrogens is 2. The monoisotopic (exact) mass is 288 g/mol. The van der Waals surface area contributed by atoms with Gasteiger partial charge in [-0.2, -0.15) is 5.10 Å². The smallest absolute Gasteiger partial charge is 0.340 e. The Hall–Kier alpha value is -2.57. The highest BCUT2D eigenvalue weighted by Crippen LogP contribution is 2.26. The van der Waals surface area contributed by atoms with E-state index in [-0.39, 0.29) is 17.5 Å². The number of ether oxygens (including phenoxy) is 1. The third-order valence-corrected chi connectivity index (χ3v) is 3.46. The molecule has 1 aliphatic heterocycles. The van der Waals surface area contributed by atoms with Crippen molar-refractivity contribution in [2.75, 3.05) is 13.2 Å². The van der Waals surface area contributed by atoms with E-state index in [0.717, 1.165) is 11.3 Å². The van der Waals surface area contributed by atoms with E-state index in [1.54, 1.807) is 0 Å². The number of nitrogens with zero attached hydrogens (tertiary/aromatic N) is 1. The van der Waals surface area contributed by atoms with Gasteiger partial charge in [0.15, 0.2) is 0 Å². The number of benzene rings is 1. The zero-order chi connectivity index (χ0) is 14.7. The molecule has 0 fully saturated rings. The molecule has 110 valence electrons. The summed E-state index contributed by atoms with van der Waals surface area (Å²) < 4.78 is 5.60. The van der Waals surface area contributed by atoms with Crippen LogP contribution in [-0.2, 0) is 17.6 Å². The van der Waals surface area contributed by atoms with E-state index in [0.29, 0.717) is 31.8 Å². The van der Waals surface area contributed by atoms with E-state index in [1.165, 1.54) is 0 Å². The molecule has 7 heteroatoms. The van der Waals surface area contributed by atoms with Gasteiger partial charge in [-0.05, 0) is 18.1 Å². The number of rotatable bonds is 4.